The van der Waals surface area contributed by atoms with E-state index in [0.29, 0.717) is 5.39 Å². The van der Waals surface area contributed by atoms with Crippen molar-refractivity contribution in [1.82, 2.24) is 4.57 Å². The van der Waals surface area contributed by atoms with E-state index in [0.717, 1.165) is 66.9 Å². The van der Waals surface area contributed by atoms with Crippen molar-refractivity contribution in [3.05, 3.63) is 243 Å². The first kappa shape index (κ1) is 29.6. The normalized spacial score (nSPS) is 14.8. The first-order valence-corrected chi connectivity index (χ1v) is 18.6. The number of hydrogen-bond donors (Lipinski definition) is 0. The van der Waals surface area contributed by atoms with Gasteiger partial charge in [-0.3, -0.25) is 9.36 Å². The maximum absolute atomic E-state index is 15.2. The van der Waals surface area contributed by atoms with Crippen LogP contribution in [0.2, 0.25) is 0 Å². The van der Waals surface area contributed by atoms with Crippen LogP contribution < -0.4 is 10.3 Å². The fourth-order valence-corrected chi connectivity index (χ4v) is 10.3. The van der Waals surface area contributed by atoms with Crippen LogP contribution in [0.3, 0.4) is 0 Å². The summed E-state index contributed by atoms with van der Waals surface area (Å²) in [6.07, 6.45) is 0. The van der Waals surface area contributed by atoms with Gasteiger partial charge < -0.3 is 4.74 Å². The van der Waals surface area contributed by atoms with Crippen LogP contribution in [-0.2, 0) is 10.8 Å². The molecule has 9 aromatic rings. The van der Waals surface area contributed by atoms with Gasteiger partial charge in [0, 0.05) is 21.9 Å². The standard InChI is InChI=1S/C51H31NO2/c53-49-38-23-8-7-20-34(38)37-24-15-28-42-48(37)52(49)45-30-44-47(31-43(45)50(42,32-16-3-1-4-17-32)33-18-5-2-6-19-33)54-46-29-14-13-27-41(46)51(44)39-25-11-9-21-35(39)36-22-10-12-26-40(36)51/h1-31H. The number of pyridine rings is 1. The van der Waals surface area contributed by atoms with Gasteiger partial charge in [0.1, 0.15) is 11.5 Å². The van der Waals surface area contributed by atoms with E-state index < -0.39 is 10.8 Å². The van der Waals surface area contributed by atoms with Crippen molar-refractivity contribution in [1.29, 1.82) is 0 Å². The zero-order chi connectivity index (χ0) is 35.6. The average molecular weight is 690 g/mol. The Morgan fingerprint density at radius 2 is 0.926 bits per heavy atom. The number of benzene rings is 8. The van der Waals surface area contributed by atoms with E-state index in [1.165, 1.54) is 22.3 Å². The highest BCUT2D eigenvalue weighted by atomic mass is 16.5. The lowest BCUT2D eigenvalue weighted by atomic mass is 9.61. The Bertz CT molecular complexity index is 3020. The molecule has 1 aromatic heterocycles. The van der Waals surface area contributed by atoms with Crippen LogP contribution in [0.15, 0.2) is 193 Å². The van der Waals surface area contributed by atoms with E-state index >= 15 is 4.79 Å². The monoisotopic (exact) mass is 689 g/mol. The topological polar surface area (TPSA) is 31.2 Å². The molecule has 0 N–H and O–H groups in total. The van der Waals surface area contributed by atoms with Gasteiger partial charge >= 0.3 is 0 Å². The van der Waals surface area contributed by atoms with Gasteiger partial charge in [0.2, 0.25) is 0 Å². The lowest BCUT2D eigenvalue weighted by Gasteiger charge is -2.45. The van der Waals surface area contributed by atoms with Crippen LogP contribution in [0.5, 0.6) is 11.5 Å². The molecule has 1 aliphatic carbocycles. The number of para-hydroxylation sites is 2. The molecular formula is C51H31NO2. The van der Waals surface area contributed by atoms with Crippen molar-refractivity contribution in [3.8, 4) is 28.3 Å². The summed E-state index contributed by atoms with van der Waals surface area (Å²) in [7, 11) is 0. The van der Waals surface area contributed by atoms with Crippen molar-refractivity contribution < 1.29 is 4.74 Å². The van der Waals surface area contributed by atoms with Gasteiger partial charge in [-0.15, -0.1) is 0 Å². The van der Waals surface area contributed by atoms with Gasteiger partial charge in [-0.05, 0) is 74.2 Å². The van der Waals surface area contributed by atoms with Crippen molar-refractivity contribution in [3.63, 3.8) is 0 Å². The van der Waals surface area contributed by atoms with Crippen LogP contribution in [0.4, 0.5) is 0 Å². The lowest BCUT2D eigenvalue weighted by Crippen LogP contribution is -2.39. The summed E-state index contributed by atoms with van der Waals surface area (Å²) in [5.74, 6) is 1.63. The predicted molar refractivity (Wildman–Crippen MR) is 216 cm³/mol. The summed E-state index contributed by atoms with van der Waals surface area (Å²) < 4.78 is 9.11. The first-order valence-electron chi connectivity index (χ1n) is 18.6. The van der Waals surface area contributed by atoms with Gasteiger partial charge in [0.15, 0.2) is 0 Å². The molecule has 0 bridgehead atoms. The molecule has 0 radical (unpaired) electrons. The van der Waals surface area contributed by atoms with Gasteiger partial charge in [0.25, 0.3) is 5.56 Å². The second-order valence-electron chi connectivity index (χ2n) is 14.7. The average Bonchev–Trinajstić information content (AvgIpc) is 3.53. The fraction of sp³-hybridized carbons (Fsp3) is 0.0392. The molecule has 3 nitrogen and oxygen atoms in total. The van der Waals surface area contributed by atoms with Crippen molar-refractivity contribution in [2.45, 2.75) is 10.8 Å². The maximum Gasteiger partial charge on any atom is 0.263 e. The Morgan fingerprint density at radius 1 is 0.389 bits per heavy atom. The number of rotatable bonds is 2. The molecule has 3 heteroatoms. The molecule has 0 saturated heterocycles. The fourth-order valence-electron chi connectivity index (χ4n) is 10.3. The molecule has 2 aliphatic heterocycles. The summed E-state index contributed by atoms with van der Waals surface area (Å²) in [6, 6.07) is 66.7. The molecule has 54 heavy (non-hydrogen) atoms. The smallest absolute Gasteiger partial charge is 0.263 e. The minimum atomic E-state index is -0.778. The van der Waals surface area contributed by atoms with Crippen LogP contribution in [0.25, 0.3) is 38.5 Å². The van der Waals surface area contributed by atoms with Gasteiger partial charge in [-0.1, -0.05) is 164 Å². The van der Waals surface area contributed by atoms with E-state index in [2.05, 4.69) is 170 Å². The van der Waals surface area contributed by atoms with Crippen LogP contribution >= 0.6 is 0 Å². The van der Waals surface area contributed by atoms with E-state index in [1.54, 1.807) is 0 Å². The van der Waals surface area contributed by atoms with Gasteiger partial charge in [-0.25, -0.2) is 0 Å². The molecule has 1 spiro atoms. The molecular weight excluding hydrogens is 659 g/mol. The molecule has 3 heterocycles. The zero-order valence-corrected chi connectivity index (χ0v) is 29.2. The third kappa shape index (κ3) is 3.45. The molecule has 0 atom stereocenters. The largest absolute Gasteiger partial charge is 0.457 e. The van der Waals surface area contributed by atoms with Crippen LogP contribution in [0, 0.1) is 0 Å². The highest BCUT2D eigenvalue weighted by Gasteiger charge is 2.53. The number of hydrogen-bond acceptors (Lipinski definition) is 2. The van der Waals surface area contributed by atoms with Gasteiger partial charge in [0.05, 0.1) is 22.0 Å². The number of ether oxygens (including phenoxy) is 1. The van der Waals surface area contributed by atoms with Crippen molar-refractivity contribution in [2.24, 2.45) is 0 Å². The van der Waals surface area contributed by atoms with Crippen molar-refractivity contribution >= 4 is 21.7 Å². The van der Waals surface area contributed by atoms with E-state index in [1.807, 2.05) is 22.8 Å². The van der Waals surface area contributed by atoms with Gasteiger partial charge in [-0.2, -0.15) is 0 Å². The molecule has 0 unspecified atom stereocenters. The Hall–Kier alpha value is -6.97. The number of nitrogens with zero attached hydrogens (tertiary/aromatic N) is 1. The minimum Gasteiger partial charge on any atom is -0.457 e. The Morgan fingerprint density at radius 3 is 1.61 bits per heavy atom. The highest BCUT2D eigenvalue weighted by Crippen LogP contribution is 2.64. The lowest BCUT2D eigenvalue weighted by molar-refractivity contribution is 0.434. The SMILES string of the molecule is O=c1c2ccccc2c2cccc3c2n1-c1cc2c(cc1C3(c1ccccc1)c1ccccc1)Oc1ccccc1C21c2ccccc2-c2ccccc21. The summed E-state index contributed by atoms with van der Waals surface area (Å²) in [5, 5.41) is 2.71. The molecule has 252 valence electrons. The maximum atomic E-state index is 15.2. The summed E-state index contributed by atoms with van der Waals surface area (Å²) in [6.45, 7) is 0. The predicted octanol–water partition coefficient (Wildman–Crippen LogP) is 11.3. The first-order chi connectivity index (χ1) is 26.7. The molecule has 0 amide bonds. The summed E-state index contributed by atoms with van der Waals surface area (Å²) >= 11 is 0. The van der Waals surface area contributed by atoms with E-state index in [-0.39, 0.29) is 5.56 Å². The van der Waals surface area contributed by atoms with E-state index in [9.17, 15) is 0 Å². The second-order valence-corrected chi connectivity index (χ2v) is 14.7. The molecule has 3 aliphatic rings. The number of fused-ring (bicyclic) bond motifs is 13. The Labute approximate surface area is 312 Å². The molecule has 8 aromatic carbocycles. The molecule has 0 fully saturated rings. The minimum absolute atomic E-state index is 0.0279. The summed E-state index contributed by atoms with van der Waals surface area (Å²) in [4.78, 5) is 15.2. The zero-order valence-electron chi connectivity index (χ0n) is 29.2. The number of aromatic nitrogens is 1. The van der Waals surface area contributed by atoms with Crippen LogP contribution in [0.1, 0.15) is 44.5 Å². The second kappa shape index (κ2) is 10.6. The Kier molecular flexibility index (Phi) is 5.78. The Balaban J connectivity index is 1.33. The third-order valence-electron chi connectivity index (χ3n) is 12.3. The summed E-state index contributed by atoms with van der Waals surface area (Å²) in [5.41, 5.74) is 11.6. The van der Waals surface area contributed by atoms with Crippen molar-refractivity contribution in [2.75, 3.05) is 0 Å². The van der Waals surface area contributed by atoms with E-state index in [4.69, 9.17) is 4.74 Å². The van der Waals surface area contributed by atoms with Crippen LogP contribution in [-0.4, -0.2) is 4.57 Å². The third-order valence-corrected chi connectivity index (χ3v) is 12.3. The quantitative estimate of drug-likeness (QED) is 0.169. The highest BCUT2D eigenvalue weighted by molar-refractivity contribution is 6.09. The molecule has 0 saturated carbocycles. The molecule has 12 rings (SSSR count).